The maximum Gasteiger partial charge on any atom is 0.416 e. The third kappa shape index (κ3) is 4.51. The van der Waals surface area contributed by atoms with E-state index in [1.165, 1.54) is 12.1 Å². The Morgan fingerprint density at radius 1 is 0.955 bits per heavy atom. The molecule has 116 valence electrons. The summed E-state index contributed by atoms with van der Waals surface area (Å²) in [7, 11) is 0. The number of hydrogen-bond acceptors (Lipinski definition) is 2. The van der Waals surface area contributed by atoms with Crippen LogP contribution in [-0.2, 0) is 23.9 Å². The number of rotatable bonds is 5. The van der Waals surface area contributed by atoms with E-state index in [2.05, 4.69) is 5.32 Å². The summed E-state index contributed by atoms with van der Waals surface area (Å²) in [6.07, 6.45) is -4.14. The Morgan fingerprint density at radius 2 is 1.50 bits per heavy atom. The van der Waals surface area contributed by atoms with Crippen LogP contribution in [0.25, 0.3) is 0 Å². The molecule has 2 rings (SSSR count). The van der Waals surface area contributed by atoms with Crippen molar-refractivity contribution < 1.29 is 18.0 Å². The van der Waals surface area contributed by atoms with Crippen LogP contribution in [0.4, 0.5) is 18.9 Å². The molecule has 0 atom stereocenters. The second-order valence-corrected chi connectivity index (χ2v) is 4.89. The molecule has 0 fully saturated rings. The Kier molecular flexibility index (Phi) is 4.70. The highest BCUT2D eigenvalue weighted by atomic mass is 19.4. The molecule has 0 unspecified atom stereocenters. The van der Waals surface area contributed by atoms with Crippen LogP contribution in [0.15, 0.2) is 48.5 Å². The van der Waals surface area contributed by atoms with Crippen molar-refractivity contribution in [1.29, 1.82) is 0 Å². The van der Waals surface area contributed by atoms with Crippen molar-refractivity contribution in [3.05, 3.63) is 65.2 Å². The van der Waals surface area contributed by atoms with Gasteiger partial charge in [-0.2, -0.15) is 13.2 Å². The van der Waals surface area contributed by atoms with Gasteiger partial charge in [0.1, 0.15) is 0 Å². The van der Waals surface area contributed by atoms with Crippen molar-refractivity contribution in [2.45, 2.75) is 19.1 Å². The largest absolute Gasteiger partial charge is 0.416 e. The van der Waals surface area contributed by atoms with E-state index in [4.69, 9.17) is 5.73 Å². The van der Waals surface area contributed by atoms with Crippen molar-refractivity contribution in [3.8, 4) is 0 Å². The average Bonchev–Trinajstić information content (AvgIpc) is 2.45. The number of anilines is 1. The fourth-order valence-corrected chi connectivity index (χ4v) is 1.96. The van der Waals surface area contributed by atoms with Gasteiger partial charge in [-0.25, -0.2) is 0 Å². The summed E-state index contributed by atoms with van der Waals surface area (Å²) < 4.78 is 37.4. The second-order valence-electron chi connectivity index (χ2n) is 4.89. The van der Waals surface area contributed by atoms with Gasteiger partial charge in [0.05, 0.1) is 12.0 Å². The summed E-state index contributed by atoms with van der Waals surface area (Å²) in [5, 5.41) is 3.10. The molecule has 0 heterocycles. The monoisotopic (exact) mass is 308 g/mol. The summed E-state index contributed by atoms with van der Waals surface area (Å²) in [4.78, 5) is 10.8. The zero-order valence-electron chi connectivity index (χ0n) is 11.7. The molecule has 0 radical (unpaired) electrons. The molecule has 2 aromatic carbocycles. The van der Waals surface area contributed by atoms with E-state index in [-0.39, 0.29) is 6.42 Å². The smallest absolute Gasteiger partial charge is 0.381 e. The van der Waals surface area contributed by atoms with Crippen LogP contribution in [0.3, 0.4) is 0 Å². The summed E-state index contributed by atoms with van der Waals surface area (Å²) in [6.45, 7) is 0.410. The zero-order chi connectivity index (χ0) is 16.2. The molecule has 2 aromatic rings. The van der Waals surface area contributed by atoms with Gasteiger partial charge in [-0.15, -0.1) is 0 Å². The Morgan fingerprint density at radius 3 is 2.00 bits per heavy atom. The Balaban J connectivity index is 1.94. The molecular formula is C16H15F3N2O. The van der Waals surface area contributed by atoms with Gasteiger partial charge in [-0.1, -0.05) is 24.3 Å². The van der Waals surface area contributed by atoms with Crippen LogP contribution in [-0.4, -0.2) is 5.91 Å². The molecule has 0 aliphatic carbocycles. The van der Waals surface area contributed by atoms with Crippen LogP contribution < -0.4 is 11.1 Å². The summed E-state index contributed by atoms with van der Waals surface area (Å²) in [5.41, 5.74) is 6.82. The highest BCUT2D eigenvalue weighted by Crippen LogP contribution is 2.29. The number of nitrogens with one attached hydrogen (secondary N) is 1. The first-order valence-electron chi connectivity index (χ1n) is 6.62. The lowest BCUT2D eigenvalue weighted by molar-refractivity contribution is -0.137. The van der Waals surface area contributed by atoms with Crippen LogP contribution in [0, 0.1) is 0 Å². The van der Waals surface area contributed by atoms with Crippen molar-refractivity contribution in [1.82, 2.24) is 0 Å². The minimum atomic E-state index is -4.32. The number of benzene rings is 2. The lowest BCUT2D eigenvalue weighted by atomic mass is 10.1. The number of amides is 1. The number of carbonyl (C=O) groups excluding carboxylic acids is 1. The van der Waals surface area contributed by atoms with Crippen LogP contribution in [0.2, 0.25) is 0 Å². The van der Waals surface area contributed by atoms with Crippen molar-refractivity contribution >= 4 is 11.6 Å². The van der Waals surface area contributed by atoms with Gasteiger partial charge >= 0.3 is 6.18 Å². The molecule has 0 aromatic heterocycles. The number of halogens is 3. The molecule has 6 heteroatoms. The number of alkyl halides is 3. The van der Waals surface area contributed by atoms with E-state index in [1.54, 1.807) is 24.3 Å². The van der Waals surface area contributed by atoms with E-state index < -0.39 is 17.6 Å². The first kappa shape index (κ1) is 15.9. The first-order chi connectivity index (χ1) is 10.3. The number of hydrogen-bond donors (Lipinski definition) is 2. The summed E-state index contributed by atoms with van der Waals surface area (Å²) in [6, 6.07) is 12.2. The molecule has 0 spiro atoms. The summed E-state index contributed by atoms with van der Waals surface area (Å²) >= 11 is 0. The lowest BCUT2D eigenvalue weighted by Gasteiger charge is -2.09. The van der Waals surface area contributed by atoms with E-state index in [1.807, 2.05) is 0 Å². The second kappa shape index (κ2) is 6.51. The molecule has 0 aliphatic heterocycles. The highest BCUT2D eigenvalue weighted by Gasteiger charge is 2.29. The van der Waals surface area contributed by atoms with E-state index >= 15 is 0 Å². The van der Waals surface area contributed by atoms with Crippen LogP contribution in [0.5, 0.6) is 0 Å². The van der Waals surface area contributed by atoms with Gasteiger partial charge < -0.3 is 11.1 Å². The molecule has 0 bridgehead atoms. The molecule has 0 saturated carbocycles. The van der Waals surface area contributed by atoms with Gasteiger partial charge in [-0.3, -0.25) is 4.79 Å². The van der Waals surface area contributed by atoms with Gasteiger partial charge in [0.2, 0.25) is 5.91 Å². The standard InChI is InChI=1S/C16H15F3N2O/c17-16(18,19)13-5-1-12(2-6-13)10-21-14-7-3-11(4-8-14)9-15(20)22/h1-8,21H,9-10H2,(H2,20,22). The normalized spacial score (nSPS) is 11.2. The lowest BCUT2D eigenvalue weighted by Crippen LogP contribution is -2.13. The van der Waals surface area contributed by atoms with E-state index in [9.17, 15) is 18.0 Å². The highest BCUT2D eigenvalue weighted by molar-refractivity contribution is 5.76. The topological polar surface area (TPSA) is 55.1 Å². The minimum Gasteiger partial charge on any atom is -0.381 e. The maximum atomic E-state index is 12.5. The van der Waals surface area contributed by atoms with Gasteiger partial charge in [0.25, 0.3) is 0 Å². The van der Waals surface area contributed by atoms with Crippen LogP contribution >= 0.6 is 0 Å². The molecular weight excluding hydrogens is 293 g/mol. The third-order valence-electron chi connectivity index (χ3n) is 3.11. The Labute approximate surface area is 125 Å². The van der Waals surface area contributed by atoms with E-state index in [0.717, 1.165) is 28.9 Å². The average molecular weight is 308 g/mol. The number of nitrogens with two attached hydrogens (primary N) is 1. The Bertz CT molecular complexity index is 634. The fourth-order valence-electron chi connectivity index (χ4n) is 1.96. The van der Waals surface area contributed by atoms with Crippen LogP contribution in [0.1, 0.15) is 16.7 Å². The minimum absolute atomic E-state index is 0.180. The third-order valence-corrected chi connectivity index (χ3v) is 3.11. The van der Waals surface area contributed by atoms with Crippen molar-refractivity contribution in [3.63, 3.8) is 0 Å². The molecule has 3 N–H and O–H groups in total. The predicted octanol–water partition coefficient (Wildman–Crippen LogP) is 3.35. The maximum absolute atomic E-state index is 12.5. The summed E-state index contributed by atoms with van der Waals surface area (Å²) in [5.74, 6) is -0.398. The molecule has 22 heavy (non-hydrogen) atoms. The molecule has 1 amide bonds. The van der Waals surface area contributed by atoms with E-state index in [0.29, 0.717) is 6.54 Å². The molecule has 3 nitrogen and oxygen atoms in total. The zero-order valence-corrected chi connectivity index (χ0v) is 11.7. The number of carbonyl (C=O) groups is 1. The first-order valence-corrected chi connectivity index (χ1v) is 6.62. The van der Waals surface area contributed by atoms with Gasteiger partial charge in [0.15, 0.2) is 0 Å². The number of primary amides is 1. The predicted molar refractivity (Wildman–Crippen MR) is 78.1 cm³/mol. The molecule has 0 aliphatic rings. The van der Waals surface area contributed by atoms with Crippen molar-refractivity contribution in [2.24, 2.45) is 5.73 Å². The van der Waals surface area contributed by atoms with Gasteiger partial charge in [-0.05, 0) is 35.4 Å². The SMILES string of the molecule is NC(=O)Cc1ccc(NCc2ccc(C(F)(F)F)cc2)cc1. The van der Waals surface area contributed by atoms with Gasteiger partial charge in [0, 0.05) is 12.2 Å². The fraction of sp³-hybridized carbons (Fsp3) is 0.188. The molecule has 0 saturated heterocycles. The van der Waals surface area contributed by atoms with Crippen molar-refractivity contribution in [2.75, 3.05) is 5.32 Å². The Hall–Kier alpha value is -2.50. The quantitative estimate of drug-likeness (QED) is 0.890.